The second-order valence-corrected chi connectivity index (χ2v) is 10.2. The van der Waals surface area contributed by atoms with E-state index in [4.69, 9.17) is 9.84 Å². The van der Waals surface area contributed by atoms with Crippen LogP contribution >= 0.6 is 0 Å². The number of carbonyl (C=O) groups excluding carboxylic acids is 4. The Morgan fingerprint density at radius 3 is 1.81 bits per heavy atom. The maximum Gasteiger partial charge on any atom is 0.339 e. The Morgan fingerprint density at radius 2 is 1.26 bits per heavy atom. The van der Waals surface area contributed by atoms with E-state index in [2.05, 4.69) is 33.3 Å². The van der Waals surface area contributed by atoms with E-state index < -0.39 is 36.4 Å². The molecule has 0 aromatic carbocycles. The summed E-state index contributed by atoms with van der Waals surface area (Å²) in [5.74, 6) is -2.83. The lowest BCUT2D eigenvalue weighted by Gasteiger charge is -2.23. The highest BCUT2D eigenvalue weighted by molar-refractivity contribution is 5.90. The molecular formula is C32H58O11. The van der Waals surface area contributed by atoms with E-state index in [0.717, 1.165) is 51.4 Å². The van der Waals surface area contributed by atoms with Crippen molar-refractivity contribution in [2.45, 2.75) is 136 Å². The van der Waals surface area contributed by atoms with Gasteiger partial charge in [0.15, 0.2) is 5.60 Å². The van der Waals surface area contributed by atoms with Crippen molar-refractivity contribution in [3.05, 3.63) is 12.2 Å². The molecule has 1 atom stereocenters. The zero-order valence-electron chi connectivity index (χ0n) is 27.0. The summed E-state index contributed by atoms with van der Waals surface area (Å²) in [4.78, 5) is 45.6. The number of ether oxygens (including phenoxy) is 4. The fraction of sp³-hybridized carbons (Fsp3) is 0.812. The van der Waals surface area contributed by atoms with Gasteiger partial charge >= 0.3 is 23.9 Å². The number of carbonyl (C=O) groups is 4. The summed E-state index contributed by atoms with van der Waals surface area (Å²) in [6, 6.07) is 0. The molecule has 0 aromatic heterocycles. The maximum absolute atomic E-state index is 11.7. The van der Waals surface area contributed by atoms with Crippen molar-refractivity contribution in [1.82, 2.24) is 0 Å². The molecule has 0 radical (unpaired) electrons. The van der Waals surface area contributed by atoms with Crippen molar-refractivity contribution in [1.29, 1.82) is 0 Å². The fourth-order valence-corrected chi connectivity index (χ4v) is 3.96. The number of aliphatic hydroxyl groups is 3. The highest BCUT2D eigenvalue weighted by atomic mass is 16.6. The minimum absolute atomic E-state index is 0.0206. The number of esters is 4. The van der Waals surface area contributed by atoms with Crippen molar-refractivity contribution in [3.63, 3.8) is 0 Å². The Morgan fingerprint density at radius 1 is 0.698 bits per heavy atom. The van der Waals surface area contributed by atoms with Crippen LogP contribution in [0.1, 0.15) is 124 Å². The number of hydrogen-bond acceptors (Lipinski definition) is 11. The van der Waals surface area contributed by atoms with Crippen LogP contribution in [0.2, 0.25) is 0 Å². The molecule has 0 spiro atoms. The quantitative estimate of drug-likeness (QED) is 0.0561. The normalized spacial score (nSPS) is 11.8. The van der Waals surface area contributed by atoms with E-state index in [9.17, 15) is 29.4 Å². The number of aliphatic hydroxyl groups excluding tert-OH is 2. The second kappa shape index (κ2) is 29.6. The lowest BCUT2D eigenvalue weighted by molar-refractivity contribution is -0.177. The molecule has 0 bridgehead atoms. The molecule has 0 aromatic rings. The first kappa shape index (κ1) is 42.6. The van der Waals surface area contributed by atoms with E-state index in [0.29, 0.717) is 6.42 Å². The molecule has 3 N–H and O–H groups in total. The zero-order valence-corrected chi connectivity index (χ0v) is 27.0. The largest absolute Gasteiger partial charge is 0.466 e. The molecule has 0 unspecified atom stereocenters. The first-order chi connectivity index (χ1) is 20.6. The minimum Gasteiger partial charge on any atom is -0.466 e. The predicted molar refractivity (Wildman–Crippen MR) is 163 cm³/mol. The van der Waals surface area contributed by atoms with E-state index in [1.165, 1.54) is 25.7 Å². The molecule has 0 aliphatic heterocycles. The summed E-state index contributed by atoms with van der Waals surface area (Å²) >= 11 is 0. The van der Waals surface area contributed by atoms with Gasteiger partial charge in [-0.3, -0.25) is 14.4 Å². The third kappa shape index (κ3) is 26.8. The average Bonchev–Trinajstić information content (AvgIpc) is 2.95. The van der Waals surface area contributed by atoms with Gasteiger partial charge in [-0.25, -0.2) is 4.79 Å². The van der Waals surface area contributed by atoms with Crippen molar-refractivity contribution >= 4 is 23.9 Å². The Balaban J connectivity index is 0. The molecule has 0 saturated heterocycles. The van der Waals surface area contributed by atoms with E-state index in [-0.39, 0.29) is 45.1 Å². The van der Waals surface area contributed by atoms with Crippen LogP contribution in [0, 0.1) is 0 Å². The van der Waals surface area contributed by atoms with Gasteiger partial charge in [-0.1, -0.05) is 64.0 Å². The topological polar surface area (TPSA) is 166 Å². The van der Waals surface area contributed by atoms with Crippen LogP contribution in [0.5, 0.6) is 0 Å². The Labute approximate surface area is 258 Å². The number of allylic oxidation sites excluding steroid dienone is 1. The molecule has 0 fully saturated rings. The zero-order chi connectivity index (χ0) is 32.8. The van der Waals surface area contributed by atoms with E-state index >= 15 is 0 Å². The first-order valence-corrected chi connectivity index (χ1v) is 15.9. The molecule has 11 heteroatoms. The maximum atomic E-state index is 11.7. The Kier molecular flexibility index (Phi) is 29.3. The SMILES string of the molecule is CCCCCC[C@@H](O)C/C=C\CCCCCCCC(=O)OCCO.CCOC(=O)CC(O)(CC(=O)OCC)C(=O)OCC. The van der Waals surface area contributed by atoms with Gasteiger partial charge in [0.25, 0.3) is 0 Å². The van der Waals surface area contributed by atoms with Crippen LogP contribution in [-0.4, -0.2) is 83.9 Å². The standard InChI is InChI=1S/C20H38O4.C12H20O7/c1-2-3-4-11-14-19(22)15-12-9-7-5-6-8-10-13-16-20(23)24-18-17-21;1-4-17-9(13)7-12(16,11(15)19-6-3)8-10(14)18-5-2/h9,12,19,21-22H,2-8,10-11,13-18H2,1H3;16H,4-8H2,1-3H3/b12-9-;/t19-;/m1./s1. The van der Waals surface area contributed by atoms with Gasteiger partial charge < -0.3 is 34.3 Å². The monoisotopic (exact) mass is 618 g/mol. The van der Waals surface area contributed by atoms with Gasteiger partial charge in [0, 0.05) is 6.42 Å². The van der Waals surface area contributed by atoms with Crippen molar-refractivity contribution < 1.29 is 53.4 Å². The van der Waals surface area contributed by atoms with Crippen LogP contribution in [0.25, 0.3) is 0 Å². The van der Waals surface area contributed by atoms with Crippen LogP contribution in [0.15, 0.2) is 12.2 Å². The summed E-state index contributed by atoms with van der Waals surface area (Å²) in [6.45, 7) is 7.17. The van der Waals surface area contributed by atoms with E-state index in [1.807, 2.05) is 0 Å². The molecule has 11 nitrogen and oxygen atoms in total. The molecule has 0 saturated carbocycles. The van der Waals surface area contributed by atoms with Gasteiger partial charge in [0.05, 0.1) is 45.4 Å². The molecule has 0 aliphatic carbocycles. The summed E-state index contributed by atoms with van der Waals surface area (Å²) in [5.41, 5.74) is -2.26. The molecular weight excluding hydrogens is 560 g/mol. The van der Waals surface area contributed by atoms with Gasteiger partial charge in [-0.05, 0) is 52.9 Å². The van der Waals surface area contributed by atoms with E-state index in [1.54, 1.807) is 20.8 Å². The number of rotatable bonds is 25. The molecule has 0 heterocycles. The highest BCUT2D eigenvalue weighted by Gasteiger charge is 2.43. The van der Waals surface area contributed by atoms with Gasteiger partial charge in [-0.2, -0.15) is 0 Å². The number of unbranched alkanes of at least 4 members (excludes halogenated alkanes) is 8. The first-order valence-electron chi connectivity index (χ1n) is 15.9. The molecule has 252 valence electrons. The van der Waals surface area contributed by atoms with Gasteiger partial charge in [0.1, 0.15) is 6.61 Å². The Bertz CT molecular complexity index is 732. The summed E-state index contributed by atoms with van der Waals surface area (Å²) in [6.07, 6.45) is 16.3. The minimum atomic E-state index is -2.26. The van der Waals surface area contributed by atoms with Crippen molar-refractivity contribution in [2.24, 2.45) is 0 Å². The van der Waals surface area contributed by atoms with Gasteiger partial charge in [-0.15, -0.1) is 0 Å². The summed E-state index contributed by atoms with van der Waals surface area (Å²) in [7, 11) is 0. The molecule has 0 aliphatic rings. The summed E-state index contributed by atoms with van der Waals surface area (Å²) in [5, 5.41) is 28.5. The molecule has 43 heavy (non-hydrogen) atoms. The Hall–Kier alpha value is -2.50. The van der Waals surface area contributed by atoms with Crippen molar-refractivity contribution in [3.8, 4) is 0 Å². The molecule has 0 rings (SSSR count). The smallest absolute Gasteiger partial charge is 0.339 e. The summed E-state index contributed by atoms with van der Waals surface area (Å²) < 4.78 is 18.8. The highest BCUT2D eigenvalue weighted by Crippen LogP contribution is 2.20. The van der Waals surface area contributed by atoms with Crippen LogP contribution in [0.4, 0.5) is 0 Å². The lowest BCUT2D eigenvalue weighted by atomic mass is 9.95. The van der Waals surface area contributed by atoms with Crippen LogP contribution in [0.3, 0.4) is 0 Å². The molecule has 0 amide bonds. The van der Waals surface area contributed by atoms with Gasteiger partial charge in [0.2, 0.25) is 0 Å². The third-order valence-electron chi connectivity index (χ3n) is 6.21. The predicted octanol–water partition coefficient (Wildman–Crippen LogP) is 4.72. The average molecular weight is 619 g/mol. The second-order valence-electron chi connectivity index (χ2n) is 10.2. The van der Waals surface area contributed by atoms with Crippen molar-refractivity contribution in [2.75, 3.05) is 33.0 Å². The van der Waals surface area contributed by atoms with Crippen LogP contribution < -0.4 is 0 Å². The number of hydrogen-bond donors (Lipinski definition) is 3. The third-order valence-corrected chi connectivity index (χ3v) is 6.21. The lowest BCUT2D eigenvalue weighted by Crippen LogP contribution is -2.44. The van der Waals surface area contributed by atoms with Crippen LogP contribution in [-0.2, 0) is 38.1 Å². The fourth-order valence-electron chi connectivity index (χ4n) is 3.96.